The molecule has 1 heterocycles. The smallest absolute Gasteiger partial charge is 0.229 e. The molecular weight excluding hydrogens is 137 g/mol. The Balaban J connectivity index is 2.38. The first-order valence-electron chi connectivity index (χ1n) is 1.34. The van der Waals surface area contributed by atoms with Gasteiger partial charge in [-0.2, -0.15) is 0 Å². The minimum Gasteiger partial charge on any atom is -0.269 e. The van der Waals surface area contributed by atoms with E-state index in [0.29, 0.717) is 6.54 Å². The second-order valence-corrected chi connectivity index (χ2v) is 2.31. The largest absolute Gasteiger partial charge is 0.269 e. The lowest BCUT2D eigenvalue weighted by Crippen LogP contribution is -1.88. The van der Waals surface area contributed by atoms with Gasteiger partial charge in [0.2, 0.25) is 4.70 Å². The Morgan fingerprint density at radius 2 is 2.20 bits per heavy atom. The highest BCUT2D eigenvalue weighted by Gasteiger charge is 2.38. The normalized spacial score (nSPS) is 49.2. The van der Waals surface area contributed by atoms with Crippen molar-refractivity contribution in [3.8, 4) is 0 Å². The highest BCUT2D eigenvalue weighted by Crippen LogP contribution is 2.25. The molecule has 0 saturated carbocycles. The first-order chi connectivity index (χ1) is 2.21. The zero-order valence-electron chi connectivity index (χ0n) is 2.46. The summed E-state index contributed by atoms with van der Waals surface area (Å²) in [6.07, 6.45) is 0. The third-order valence-corrected chi connectivity index (χ3v) is 1.00. The molecule has 3 heteroatoms. The van der Waals surface area contributed by atoms with E-state index in [0.717, 1.165) is 0 Å². The molecule has 0 aromatic carbocycles. The standard InChI is InChI=1S/C2H3BrFN/c3-2(4)1-5-2/h5H,1H2. The molecule has 1 fully saturated rings. The van der Waals surface area contributed by atoms with E-state index in [2.05, 4.69) is 21.2 Å². The summed E-state index contributed by atoms with van der Waals surface area (Å²) in [5.41, 5.74) is 0. The molecule has 1 saturated heterocycles. The Morgan fingerprint density at radius 3 is 2.20 bits per heavy atom. The summed E-state index contributed by atoms with van der Waals surface area (Å²) in [6, 6.07) is 0. The summed E-state index contributed by atoms with van der Waals surface area (Å²) >= 11 is 2.71. The van der Waals surface area contributed by atoms with E-state index in [9.17, 15) is 4.39 Å². The van der Waals surface area contributed by atoms with Crippen molar-refractivity contribution in [3.63, 3.8) is 0 Å². The van der Waals surface area contributed by atoms with Crippen LogP contribution < -0.4 is 5.32 Å². The van der Waals surface area contributed by atoms with Gasteiger partial charge in [0, 0.05) is 0 Å². The van der Waals surface area contributed by atoms with Crippen molar-refractivity contribution in [2.24, 2.45) is 0 Å². The predicted molar refractivity (Wildman–Crippen MR) is 20.8 cm³/mol. The molecule has 1 N–H and O–H groups in total. The van der Waals surface area contributed by atoms with Crippen LogP contribution in [0.15, 0.2) is 0 Å². The van der Waals surface area contributed by atoms with Crippen molar-refractivity contribution in [1.29, 1.82) is 0 Å². The maximum atomic E-state index is 11.6. The molecule has 0 aliphatic carbocycles. The fourth-order valence-electron chi connectivity index (χ4n) is 0.0668. The van der Waals surface area contributed by atoms with E-state index >= 15 is 0 Å². The van der Waals surface area contributed by atoms with Crippen LogP contribution in [-0.2, 0) is 0 Å². The van der Waals surface area contributed by atoms with Gasteiger partial charge < -0.3 is 0 Å². The Bertz CT molecular complexity index is 47.6. The van der Waals surface area contributed by atoms with Gasteiger partial charge in [0.1, 0.15) is 0 Å². The van der Waals surface area contributed by atoms with Crippen molar-refractivity contribution < 1.29 is 4.39 Å². The van der Waals surface area contributed by atoms with Gasteiger partial charge in [-0.15, -0.1) is 0 Å². The number of hydrogen-bond acceptors (Lipinski definition) is 1. The van der Waals surface area contributed by atoms with Crippen molar-refractivity contribution >= 4 is 15.9 Å². The molecule has 0 bridgehead atoms. The molecule has 1 unspecified atom stereocenters. The summed E-state index contributed by atoms with van der Waals surface area (Å²) in [5, 5.41) is 2.42. The van der Waals surface area contributed by atoms with Gasteiger partial charge in [-0.3, -0.25) is 5.32 Å². The lowest BCUT2D eigenvalue weighted by Gasteiger charge is -1.76. The van der Waals surface area contributed by atoms with Crippen LogP contribution in [0.5, 0.6) is 0 Å². The molecule has 1 nitrogen and oxygen atoms in total. The summed E-state index contributed by atoms with van der Waals surface area (Å²) < 4.78 is 10.4. The Kier molecular flexibility index (Phi) is 0.504. The lowest BCUT2D eigenvalue weighted by molar-refractivity contribution is 0.440. The van der Waals surface area contributed by atoms with E-state index in [1.54, 1.807) is 0 Å². The molecule has 30 valence electrons. The van der Waals surface area contributed by atoms with Crippen molar-refractivity contribution in [3.05, 3.63) is 0 Å². The van der Waals surface area contributed by atoms with Crippen LogP contribution in [0, 0.1) is 0 Å². The van der Waals surface area contributed by atoms with Crippen molar-refractivity contribution in [2.75, 3.05) is 6.54 Å². The minimum absolute atomic E-state index is 0.451. The van der Waals surface area contributed by atoms with E-state index in [1.807, 2.05) is 0 Å². The molecule has 0 spiro atoms. The van der Waals surface area contributed by atoms with E-state index < -0.39 is 4.70 Å². The molecule has 5 heavy (non-hydrogen) atoms. The number of alkyl halides is 2. The van der Waals surface area contributed by atoms with Crippen LogP contribution in [-0.4, -0.2) is 11.2 Å². The number of halogens is 2. The van der Waals surface area contributed by atoms with Gasteiger partial charge in [0.05, 0.1) is 6.54 Å². The molecule has 0 amide bonds. The first-order valence-corrected chi connectivity index (χ1v) is 2.13. The Morgan fingerprint density at radius 1 is 2.00 bits per heavy atom. The van der Waals surface area contributed by atoms with Crippen LogP contribution in [0.25, 0.3) is 0 Å². The van der Waals surface area contributed by atoms with Gasteiger partial charge in [0.15, 0.2) is 0 Å². The fourth-order valence-corrected chi connectivity index (χ4v) is 0.207. The van der Waals surface area contributed by atoms with Crippen LogP contribution in [0.2, 0.25) is 0 Å². The molecule has 0 aromatic rings. The monoisotopic (exact) mass is 139 g/mol. The molecule has 0 radical (unpaired) electrons. The third-order valence-electron chi connectivity index (χ3n) is 0.444. The molecule has 1 aliphatic heterocycles. The van der Waals surface area contributed by atoms with E-state index in [4.69, 9.17) is 0 Å². The average Bonchev–Trinajstić information content (AvgIpc) is 1.76. The second kappa shape index (κ2) is 0.708. The Hall–Kier alpha value is 0.370. The molecule has 1 aliphatic rings. The SMILES string of the molecule is FC1(Br)CN1. The van der Waals surface area contributed by atoms with Crippen LogP contribution >= 0.6 is 15.9 Å². The summed E-state index contributed by atoms with van der Waals surface area (Å²) in [7, 11) is 0. The predicted octanol–water partition coefficient (Wildman–Crippen LogP) is 0.608. The van der Waals surface area contributed by atoms with Crippen LogP contribution in [0.3, 0.4) is 0 Å². The zero-order chi connectivity index (χ0) is 3.91. The van der Waals surface area contributed by atoms with Gasteiger partial charge in [-0.25, -0.2) is 4.39 Å². The Labute approximate surface area is 37.7 Å². The van der Waals surface area contributed by atoms with Gasteiger partial charge in [-0.1, -0.05) is 0 Å². The average molecular weight is 140 g/mol. The maximum absolute atomic E-state index is 11.6. The van der Waals surface area contributed by atoms with E-state index in [-0.39, 0.29) is 0 Å². The molecular formula is C2H3BrFN. The maximum Gasteiger partial charge on any atom is 0.229 e. The van der Waals surface area contributed by atoms with Crippen LogP contribution in [0.1, 0.15) is 0 Å². The summed E-state index contributed by atoms with van der Waals surface area (Å²) in [4.78, 5) is 0. The van der Waals surface area contributed by atoms with Gasteiger partial charge >= 0.3 is 0 Å². The van der Waals surface area contributed by atoms with Crippen LogP contribution in [0.4, 0.5) is 4.39 Å². The van der Waals surface area contributed by atoms with Crippen molar-refractivity contribution in [1.82, 2.24) is 5.32 Å². The fraction of sp³-hybridized carbons (Fsp3) is 1.00. The molecule has 1 atom stereocenters. The highest BCUT2D eigenvalue weighted by molar-refractivity contribution is 9.10. The minimum atomic E-state index is -1.19. The molecule has 1 rings (SSSR count). The summed E-state index contributed by atoms with van der Waals surface area (Å²) in [5.74, 6) is 0. The summed E-state index contributed by atoms with van der Waals surface area (Å²) in [6.45, 7) is 0.451. The lowest BCUT2D eigenvalue weighted by atomic mass is 10.9. The zero-order valence-corrected chi connectivity index (χ0v) is 4.05. The molecule has 0 aromatic heterocycles. The van der Waals surface area contributed by atoms with Gasteiger partial charge in [0.25, 0.3) is 0 Å². The van der Waals surface area contributed by atoms with E-state index in [1.165, 1.54) is 0 Å². The van der Waals surface area contributed by atoms with Gasteiger partial charge in [-0.05, 0) is 15.9 Å². The number of nitrogens with one attached hydrogen (secondary N) is 1. The third kappa shape index (κ3) is 0.851. The first kappa shape index (κ1) is 3.56. The number of rotatable bonds is 0. The second-order valence-electron chi connectivity index (χ2n) is 1.06. The topological polar surface area (TPSA) is 21.9 Å². The number of hydrogen-bond donors (Lipinski definition) is 1. The van der Waals surface area contributed by atoms with Crippen molar-refractivity contribution in [2.45, 2.75) is 4.70 Å². The quantitative estimate of drug-likeness (QED) is 0.297. The highest BCUT2D eigenvalue weighted by atomic mass is 79.9.